The Labute approximate surface area is 347 Å². The van der Waals surface area contributed by atoms with Crippen LogP contribution in [0.3, 0.4) is 0 Å². The lowest BCUT2D eigenvalue weighted by atomic mass is 9.85. The van der Waals surface area contributed by atoms with E-state index < -0.39 is 43.8 Å². The van der Waals surface area contributed by atoms with Gasteiger partial charge in [-0.1, -0.05) is 84.7 Å². The third-order valence-electron chi connectivity index (χ3n) is 14.0. The molecular formula is C47H68N4O6S. The van der Waals surface area contributed by atoms with E-state index in [0.717, 1.165) is 85.9 Å². The molecule has 0 unspecified atom stereocenters. The summed E-state index contributed by atoms with van der Waals surface area (Å²) in [7, 11) is -3.91. The Morgan fingerprint density at radius 3 is 2.34 bits per heavy atom. The van der Waals surface area contributed by atoms with E-state index in [0.29, 0.717) is 38.5 Å². The number of nitrogens with one attached hydrogen (secondary N) is 1. The summed E-state index contributed by atoms with van der Waals surface area (Å²) in [5.74, 6) is -0.338. The van der Waals surface area contributed by atoms with Gasteiger partial charge in [0.15, 0.2) is 5.78 Å². The number of allylic oxidation sites excluding steroid dienone is 2. The second-order valence-electron chi connectivity index (χ2n) is 21.2. The number of hydrogen-bond donors (Lipinski definition) is 1. The first kappa shape index (κ1) is 42.8. The summed E-state index contributed by atoms with van der Waals surface area (Å²) >= 11 is 0. The van der Waals surface area contributed by atoms with Crippen molar-refractivity contribution < 1.29 is 27.5 Å². The smallest absolute Gasteiger partial charge is 0.240 e. The van der Waals surface area contributed by atoms with Crippen LogP contribution in [0.5, 0.6) is 5.75 Å². The summed E-state index contributed by atoms with van der Waals surface area (Å²) in [6.45, 7) is 18.9. The molecule has 1 spiro atoms. The first-order valence-corrected chi connectivity index (χ1v) is 23.5. The van der Waals surface area contributed by atoms with Crippen molar-refractivity contribution in [2.75, 3.05) is 19.6 Å². The summed E-state index contributed by atoms with van der Waals surface area (Å²) < 4.78 is 35.3. The van der Waals surface area contributed by atoms with Crippen molar-refractivity contribution in [3.63, 3.8) is 0 Å². The third-order valence-corrected chi connectivity index (χ3v) is 16.1. The first-order chi connectivity index (χ1) is 27.1. The zero-order valence-electron chi connectivity index (χ0n) is 36.4. The Bertz CT molecular complexity index is 2040. The molecule has 3 aliphatic heterocycles. The molecule has 1 aromatic carbocycles. The minimum Gasteiger partial charge on any atom is -0.483 e. The maximum atomic E-state index is 15.5. The topological polar surface area (TPSA) is 126 Å². The lowest BCUT2D eigenvalue weighted by molar-refractivity contribution is -0.143. The molecule has 4 heterocycles. The lowest BCUT2D eigenvalue weighted by Gasteiger charge is -2.39. The van der Waals surface area contributed by atoms with E-state index in [-0.39, 0.29) is 41.4 Å². The zero-order valence-corrected chi connectivity index (χ0v) is 37.2. The molecule has 1 saturated heterocycles. The van der Waals surface area contributed by atoms with Crippen molar-refractivity contribution in [1.82, 2.24) is 19.5 Å². The van der Waals surface area contributed by atoms with Gasteiger partial charge >= 0.3 is 0 Å². The number of carbonyl (C=O) groups is 3. The van der Waals surface area contributed by atoms with Gasteiger partial charge < -0.3 is 9.64 Å². The van der Waals surface area contributed by atoms with Crippen LogP contribution in [0.2, 0.25) is 0 Å². The molecule has 58 heavy (non-hydrogen) atoms. The van der Waals surface area contributed by atoms with Crippen LogP contribution in [0.15, 0.2) is 36.4 Å². The van der Waals surface area contributed by atoms with Crippen LogP contribution in [0.25, 0.3) is 10.9 Å². The SMILES string of the molecule is Cc1nc2ccccc2c2c1O[C@]1(CC2)C[C@H]2C(=O)C[C@]3(C(=O)NS(=O)(=O)C4(C)CC4)C[C@H]3/C=C\CCCCC[C@H](N(CCC(C)(C)C)CCC(C)(C)C)C(=O)N2C1. The number of ketones is 1. The van der Waals surface area contributed by atoms with Gasteiger partial charge in [-0.25, -0.2) is 13.4 Å². The minimum absolute atomic E-state index is 0.0381. The quantitative estimate of drug-likeness (QED) is 0.264. The number of amides is 2. The van der Waals surface area contributed by atoms with Crippen molar-refractivity contribution in [1.29, 1.82) is 0 Å². The first-order valence-electron chi connectivity index (χ1n) is 22.0. The summed E-state index contributed by atoms with van der Waals surface area (Å²) in [4.78, 5) is 53.9. The standard InChI is InChI=1S/C47H68N4O6S/c1-32-40-35(34-17-14-15-18-36(34)48-32)20-21-46(57-40)29-38-39(52)30-47(42(54)49-58(55,56)45(8)22-23-45)28-33(47)16-12-10-9-11-13-19-37(41(53)51(38)31-46)50(26-24-43(2,3)4)27-25-44(5,6)7/h12,14-18,33,37-38H,9-11,13,19-31H2,1-8H3,(H,49,54)/b16-12-/t33-,37+,38+,46-,47-/m1/s1. The molecule has 11 heteroatoms. The van der Waals surface area contributed by atoms with Crippen LogP contribution < -0.4 is 9.46 Å². The molecule has 5 atom stereocenters. The molecule has 3 fully saturated rings. The van der Waals surface area contributed by atoms with E-state index in [1.807, 2.05) is 36.1 Å². The molecule has 2 amide bonds. The maximum Gasteiger partial charge on any atom is 0.240 e. The van der Waals surface area contributed by atoms with Crippen LogP contribution in [0.1, 0.15) is 143 Å². The highest BCUT2D eigenvalue weighted by molar-refractivity contribution is 7.91. The number of sulfonamides is 1. The van der Waals surface area contributed by atoms with Gasteiger partial charge in [0, 0.05) is 23.8 Å². The van der Waals surface area contributed by atoms with E-state index >= 15 is 9.59 Å². The zero-order chi connectivity index (χ0) is 41.9. The molecule has 318 valence electrons. The average Bonchev–Trinajstić information content (AvgIpc) is 4.03. The van der Waals surface area contributed by atoms with Crippen LogP contribution in [0, 0.1) is 29.1 Å². The molecule has 1 aromatic heterocycles. The van der Waals surface area contributed by atoms with Crippen LogP contribution in [-0.2, 0) is 30.8 Å². The summed E-state index contributed by atoms with van der Waals surface area (Å²) in [5, 5.41) is 1.06. The Hall–Kier alpha value is -3.31. The van der Waals surface area contributed by atoms with E-state index in [9.17, 15) is 13.2 Å². The van der Waals surface area contributed by atoms with Crippen molar-refractivity contribution in [3.8, 4) is 5.75 Å². The Kier molecular flexibility index (Phi) is 11.5. The number of hydrogen-bond acceptors (Lipinski definition) is 8. The largest absolute Gasteiger partial charge is 0.483 e. The van der Waals surface area contributed by atoms with Gasteiger partial charge in [0.05, 0.1) is 40.0 Å². The van der Waals surface area contributed by atoms with Gasteiger partial charge in [-0.05, 0) is 114 Å². The maximum absolute atomic E-state index is 15.5. The van der Waals surface area contributed by atoms with E-state index in [4.69, 9.17) is 9.72 Å². The number of aromatic nitrogens is 1. The molecule has 1 N–H and O–H groups in total. The number of Topliss-reactive ketones (excluding diaryl/α,β-unsaturated/α-hetero) is 1. The second kappa shape index (κ2) is 15.6. The lowest BCUT2D eigenvalue weighted by Crippen LogP contribution is -2.54. The van der Waals surface area contributed by atoms with Gasteiger partial charge in [-0.3, -0.25) is 24.0 Å². The highest BCUT2D eigenvalue weighted by Crippen LogP contribution is 2.58. The summed E-state index contributed by atoms with van der Waals surface area (Å²) in [6, 6.07) is 6.89. The number of fused-ring (bicyclic) bond motifs is 5. The second-order valence-corrected chi connectivity index (χ2v) is 23.4. The monoisotopic (exact) mass is 816 g/mol. The summed E-state index contributed by atoms with van der Waals surface area (Å²) in [5.41, 5.74) is 0.981. The number of para-hydroxylation sites is 1. The number of ether oxygens (including phenoxy) is 1. The fourth-order valence-corrected chi connectivity index (χ4v) is 10.9. The highest BCUT2D eigenvalue weighted by Gasteiger charge is 2.63. The highest BCUT2D eigenvalue weighted by atomic mass is 32.2. The van der Waals surface area contributed by atoms with E-state index in [1.165, 1.54) is 0 Å². The number of benzene rings is 1. The van der Waals surface area contributed by atoms with E-state index in [2.05, 4.69) is 63.3 Å². The van der Waals surface area contributed by atoms with Gasteiger partial charge in [-0.15, -0.1) is 0 Å². The Balaban J connectivity index is 1.26. The predicted octanol–water partition coefficient (Wildman–Crippen LogP) is 8.24. The molecule has 7 rings (SSSR count). The number of pyridine rings is 1. The van der Waals surface area contributed by atoms with Gasteiger partial charge in [0.1, 0.15) is 11.4 Å². The molecule has 2 saturated carbocycles. The van der Waals surface area contributed by atoms with Gasteiger partial charge in [-0.2, -0.15) is 0 Å². The molecule has 2 aliphatic carbocycles. The molecule has 5 aliphatic rings. The van der Waals surface area contributed by atoms with Crippen molar-refractivity contribution >= 4 is 38.5 Å². The molecule has 0 bridgehead atoms. The van der Waals surface area contributed by atoms with Gasteiger partial charge in [0.25, 0.3) is 0 Å². The van der Waals surface area contributed by atoms with Crippen LogP contribution in [0.4, 0.5) is 0 Å². The Morgan fingerprint density at radius 1 is 0.983 bits per heavy atom. The van der Waals surface area contributed by atoms with Crippen molar-refractivity contribution in [2.24, 2.45) is 22.2 Å². The average molecular weight is 817 g/mol. The fourth-order valence-electron chi connectivity index (χ4n) is 9.55. The minimum atomic E-state index is -3.91. The van der Waals surface area contributed by atoms with Gasteiger partial charge in [0.2, 0.25) is 21.8 Å². The number of nitrogens with zero attached hydrogens (tertiary/aromatic N) is 3. The third kappa shape index (κ3) is 8.91. The predicted molar refractivity (Wildman–Crippen MR) is 229 cm³/mol. The number of carbonyl (C=O) groups excluding carboxylic acids is 3. The molecule has 0 radical (unpaired) electrons. The van der Waals surface area contributed by atoms with Crippen molar-refractivity contribution in [3.05, 3.63) is 47.7 Å². The van der Waals surface area contributed by atoms with Crippen LogP contribution in [-0.4, -0.2) is 82.9 Å². The number of aryl methyl sites for hydroxylation is 2. The summed E-state index contributed by atoms with van der Waals surface area (Å²) in [6.07, 6.45) is 13.3. The molecular weight excluding hydrogens is 749 g/mol. The van der Waals surface area contributed by atoms with E-state index in [1.54, 1.807) is 6.92 Å². The van der Waals surface area contributed by atoms with Crippen molar-refractivity contribution in [2.45, 2.75) is 168 Å². The van der Waals surface area contributed by atoms with Crippen LogP contribution >= 0.6 is 0 Å². The Morgan fingerprint density at radius 2 is 1.67 bits per heavy atom. The normalized spacial score (nSPS) is 29.5. The number of rotatable bonds is 8. The molecule has 2 aromatic rings. The fraction of sp³-hybridized carbons (Fsp3) is 0.702. The molecule has 10 nitrogen and oxygen atoms in total.